The van der Waals surface area contributed by atoms with Crippen molar-refractivity contribution in [3.8, 4) is 0 Å². The van der Waals surface area contributed by atoms with Crippen LogP contribution in [0.3, 0.4) is 0 Å². The predicted octanol–water partition coefficient (Wildman–Crippen LogP) is -0.196. The first-order valence-electron chi connectivity index (χ1n) is 3.29. The number of nitrogens with two attached hydrogens (primary N) is 1. The molecule has 2 N–H and O–H groups in total. The van der Waals surface area contributed by atoms with Gasteiger partial charge in [-0.05, 0) is 13.8 Å². The highest BCUT2D eigenvalue weighted by molar-refractivity contribution is 7.87. The zero-order chi connectivity index (χ0) is 9.35. The largest absolute Gasteiger partial charge is 0.367 e. The van der Waals surface area contributed by atoms with Gasteiger partial charge in [0.25, 0.3) is 0 Å². The fourth-order valence-corrected chi connectivity index (χ4v) is 3.14. The zero-order valence-electron chi connectivity index (χ0n) is 6.86. The van der Waals surface area contributed by atoms with E-state index in [1.807, 2.05) is 0 Å². The highest BCUT2D eigenvalue weighted by Gasteiger charge is 2.19. The molecule has 0 amide bonds. The van der Waals surface area contributed by atoms with Crippen LogP contribution in [0.1, 0.15) is 10.7 Å². The van der Waals surface area contributed by atoms with Crippen molar-refractivity contribution < 1.29 is 13.1 Å². The number of aryl methyl sites for hydroxylation is 2. The van der Waals surface area contributed by atoms with Gasteiger partial charge in [-0.2, -0.15) is 8.42 Å². The van der Waals surface area contributed by atoms with Crippen molar-refractivity contribution in [3.63, 3.8) is 0 Å². The Morgan fingerprint density at radius 3 is 2.42 bits per heavy atom. The SMILES string of the molecule is [CH2-][NH2+]S(=O)(=O)c1sc(C)nc1C. The number of quaternary nitrogens is 1. The molecule has 68 valence electrons. The summed E-state index contributed by atoms with van der Waals surface area (Å²) in [5.41, 5.74) is 0.553. The Morgan fingerprint density at radius 1 is 1.50 bits per heavy atom. The van der Waals surface area contributed by atoms with Crippen LogP contribution in [-0.2, 0) is 10.0 Å². The number of hydrogen-bond acceptors (Lipinski definition) is 4. The van der Waals surface area contributed by atoms with Gasteiger partial charge >= 0.3 is 10.0 Å². The topological polar surface area (TPSA) is 63.6 Å². The Kier molecular flexibility index (Phi) is 2.50. The third-order valence-corrected chi connectivity index (χ3v) is 4.40. The third kappa shape index (κ3) is 1.65. The van der Waals surface area contributed by atoms with Gasteiger partial charge in [0, 0.05) is 0 Å². The number of thiazole rings is 1. The number of rotatable bonds is 2. The molecule has 0 bridgehead atoms. The van der Waals surface area contributed by atoms with Gasteiger partial charge < -0.3 is 4.72 Å². The van der Waals surface area contributed by atoms with Gasteiger partial charge in [0.1, 0.15) is 0 Å². The maximum atomic E-state index is 11.3. The number of aromatic nitrogens is 1. The second-order valence-electron chi connectivity index (χ2n) is 2.32. The van der Waals surface area contributed by atoms with Crippen molar-refractivity contribution in [2.24, 2.45) is 0 Å². The first kappa shape index (κ1) is 9.63. The monoisotopic (exact) mass is 206 g/mol. The summed E-state index contributed by atoms with van der Waals surface area (Å²) in [6.45, 7) is 3.46. The molecule has 0 aliphatic rings. The molecule has 0 saturated carbocycles. The van der Waals surface area contributed by atoms with Crippen LogP contribution >= 0.6 is 11.3 Å². The maximum Gasteiger partial charge on any atom is 0.311 e. The first-order valence-corrected chi connectivity index (χ1v) is 5.65. The fraction of sp³-hybridized carbons (Fsp3) is 0.333. The molecule has 1 aromatic heterocycles. The summed E-state index contributed by atoms with van der Waals surface area (Å²) in [6.07, 6.45) is 0. The second kappa shape index (κ2) is 3.12. The summed E-state index contributed by atoms with van der Waals surface area (Å²) in [5, 5.41) is 0.757. The molecule has 0 unspecified atom stereocenters. The van der Waals surface area contributed by atoms with Crippen LogP contribution in [0.4, 0.5) is 0 Å². The van der Waals surface area contributed by atoms with E-state index >= 15 is 0 Å². The van der Waals surface area contributed by atoms with E-state index in [1.54, 1.807) is 13.8 Å². The van der Waals surface area contributed by atoms with Crippen LogP contribution in [0.25, 0.3) is 0 Å². The fourth-order valence-electron chi connectivity index (χ4n) is 0.852. The highest BCUT2D eigenvalue weighted by Crippen LogP contribution is 2.20. The molecule has 0 fully saturated rings. The molecule has 0 aromatic carbocycles. The van der Waals surface area contributed by atoms with Crippen LogP contribution in [0.2, 0.25) is 0 Å². The summed E-state index contributed by atoms with van der Waals surface area (Å²) >= 11 is 1.18. The minimum absolute atomic E-state index is 0.301. The Hall–Kier alpha value is -0.460. The molecule has 0 spiro atoms. The maximum absolute atomic E-state index is 11.3. The molecule has 0 atom stereocenters. The average Bonchev–Trinajstić information content (AvgIpc) is 2.31. The number of hydrogen-bond donors (Lipinski definition) is 1. The number of primary sulfonamides is 1. The smallest absolute Gasteiger partial charge is 0.311 e. The Balaban J connectivity index is 3.29. The van der Waals surface area contributed by atoms with Gasteiger partial charge in [-0.3, -0.25) is 0 Å². The minimum atomic E-state index is -3.29. The lowest BCUT2D eigenvalue weighted by molar-refractivity contribution is -0.424. The summed E-state index contributed by atoms with van der Waals surface area (Å²) < 4.78 is 23.8. The van der Waals surface area contributed by atoms with Crippen molar-refractivity contribution in [2.45, 2.75) is 18.1 Å². The number of nitrogens with zero attached hydrogens (tertiary/aromatic N) is 1. The molecular formula is C6H10N2O2S2. The summed E-state index contributed by atoms with van der Waals surface area (Å²) in [4.78, 5) is 4.02. The lowest BCUT2D eigenvalue weighted by atomic mass is 10.6. The Bertz CT molecular complexity index is 380. The lowest BCUT2D eigenvalue weighted by Gasteiger charge is -1.98. The Labute approximate surface area is 75.7 Å². The molecule has 0 radical (unpaired) electrons. The van der Waals surface area contributed by atoms with Gasteiger partial charge in [-0.1, -0.05) is 0 Å². The van der Waals surface area contributed by atoms with E-state index in [9.17, 15) is 8.42 Å². The standard InChI is InChI=1S/C6H10N2O2S2/c1-4-6(11-5(2)8-4)12(9,10)7-3/h3,7H2,1-2H3. The molecule has 1 rings (SSSR count). The van der Waals surface area contributed by atoms with Crippen LogP contribution < -0.4 is 4.72 Å². The molecule has 0 saturated heterocycles. The van der Waals surface area contributed by atoms with Crippen molar-refractivity contribution in [1.29, 1.82) is 0 Å². The molecule has 0 aliphatic heterocycles. The van der Waals surface area contributed by atoms with E-state index in [4.69, 9.17) is 0 Å². The molecule has 1 aromatic rings. The van der Waals surface area contributed by atoms with Crippen molar-refractivity contribution in [3.05, 3.63) is 17.7 Å². The third-order valence-electron chi connectivity index (χ3n) is 1.34. The minimum Gasteiger partial charge on any atom is -0.367 e. The van der Waals surface area contributed by atoms with E-state index in [2.05, 4.69) is 12.0 Å². The van der Waals surface area contributed by atoms with E-state index in [-0.39, 0.29) is 0 Å². The predicted molar refractivity (Wildman–Crippen MR) is 46.1 cm³/mol. The Morgan fingerprint density at radius 2 is 2.08 bits per heavy atom. The molecule has 0 aliphatic carbocycles. The number of sulfonamides is 1. The molecular weight excluding hydrogens is 196 g/mol. The summed E-state index contributed by atoms with van der Waals surface area (Å²) in [7, 11) is -0.0381. The lowest BCUT2D eigenvalue weighted by Crippen LogP contribution is -2.80. The van der Waals surface area contributed by atoms with Crippen LogP contribution in [-0.4, -0.2) is 13.4 Å². The van der Waals surface area contributed by atoms with Crippen molar-refractivity contribution in [2.75, 3.05) is 0 Å². The highest BCUT2D eigenvalue weighted by atomic mass is 32.2. The van der Waals surface area contributed by atoms with Crippen molar-refractivity contribution >= 4 is 21.4 Å². The van der Waals surface area contributed by atoms with Gasteiger partial charge in [-0.15, -0.1) is 18.4 Å². The van der Waals surface area contributed by atoms with Crippen LogP contribution in [0.15, 0.2) is 4.21 Å². The zero-order valence-corrected chi connectivity index (χ0v) is 8.50. The normalized spacial score (nSPS) is 11.9. The van der Waals surface area contributed by atoms with E-state index < -0.39 is 10.0 Å². The summed E-state index contributed by atoms with van der Waals surface area (Å²) in [5.74, 6) is 0. The second-order valence-corrected chi connectivity index (χ2v) is 5.61. The van der Waals surface area contributed by atoms with E-state index in [1.165, 1.54) is 11.3 Å². The molecule has 12 heavy (non-hydrogen) atoms. The molecule has 1 heterocycles. The van der Waals surface area contributed by atoms with E-state index in [0.29, 0.717) is 9.90 Å². The van der Waals surface area contributed by atoms with E-state index in [0.717, 1.165) is 9.73 Å². The molecule has 6 heteroatoms. The van der Waals surface area contributed by atoms with Gasteiger partial charge in [-0.25, -0.2) is 4.98 Å². The van der Waals surface area contributed by atoms with Gasteiger partial charge in [0.05, 0.1) is 10.7 Å². The molecule has 4 nitrogen and oxygen atoms in total. The average molecular weight is 206 g/mol. The van der Waals surface area contributed by atoms with Gasteiger partial charge in [0.2, 0.25) is 0 Å². The van der Waals surface area contributed by atoms with Crippen LogP contribution in [0, 0.1) is 20.9 Å². The quantitative estimate of drug-likeness (QED) is 0.682. The van der Waals surface area contributed by atoms with Crippen molar-refractivity contribution in [1.82, 2.24) is 4.98 Å². The first-order chi connectivity index (χ1) is 5.47. The van der Waals surface area contributed by atoms with Crippen LogP contribution in [0.5, 0.6) is 0 Å². The van der Waals surface area contributed by atoms with Gasteiger partial charge in [0.15, 0.2) is 4.21 Å². The summed E-state index contributed by atoms with van der Waals surface area (Å²) in [6, 6.07) is 0.